The number of aliphatic carboxylic acids is 1. The van der Waals surface area contributed by atoms with Gasteiger partial charge in [-0.1, -0.05) is 19.9 Å². The van der Waals surface area contributed by atoms with Crippen molar-refractivity contribution in [2.75, 3.05) is 6.54 Å². The Morgan fingerprint density at radius 2 is 2.15 bits per heavy atom. The Morgan fingerprint density at radius 3 is 2.65 bits per heavy atom. The summed E-state index contributed by atoms with van der Waals surface area (Å²) >= 11 is 1.43. The summed E-state index contributed by atoms with van der Waals surface area (Å²) in [6.45, 7) is 4.42. The third kappa shape index (κ3) is 5.71. The van der Waals surface area contributed by atoms with Gasteiger partial charge < -0.3 is 16.2 Å². The lowest BCUT2D eigenvalue weighted by Gasteiger charge is -2.19. The summed E-state index contributed by atoms with van der Waals surface area (Å²) in [6.07, 6.45) is 0.827. The standard InChI is InChI=1S/C14H22N2O3S/c1-9(2)6-10(7-12(17)18)8-16-14(19)13(15)11-4-3-5-20-11/h3-5,9-10,13H,6-8,15H2,1-2H3,(H,16,19)(H,17,18). The van der Waals surface area contributed by atoms with Crippen molar-refractivity contribution >= 4 is 23.2 Å². The zero-order valence-corrected chi connectivity index (χ0v) is 12.7. The molecule has 0 spiro atoms. The molecule has 1 heterocycles. The van der Waals surface area contributed by atoms with E-state index in [0.717, 1.165) is 11.3 Å². The molecule has 0 bridgehead atoms. The lowest BCUT2D eigenvalue weighted by atomic mass is 9.94. The van der Waals surface area contributed by atoms with Crippen LogP contribution in [0.25, 0.3) is 0 Å². The number of hydrogen-bond acceptors (Lipinski definition) is 4. The second-order valence-electron chi connectivity index (χ2n) is 5.33. The van der Waals surface area contributed by atoms with Crippen LogP contribution in [0.4, 0.5) is 0 Å². The summed E-state index contributed by atoms with van der Waals surface area (Å²) in [6, 6.07) is 2.98. The first-order valence-corrected chi connectivity index (χ1v) is 7.56. The van der Waals surface area contributed by atoms with Crippen molar-refractivity contribution in [2.24, 2.45) is 17.6 Å². The Kier molecular flexibility index (Phi) is 6.67. The third-order valence-electron chi connectivity index (χ3n) is 2.97. The molecule has 1 amide bonds. The van der Waals surface area contributed by atoms with E-state index in [2.05, 4.69) is 5.32 Å². The minimum absolute atomic E-state index is 0.0622. The van der Waals surface area contributed by atoms with Gasteiger partial charge in [0.15, 0.2) is 0 Å². The van der Waals surface area contributed by atoms with Gasteiger partial charge in [0.05, 0.1) is 0 Å². The van der Waals surface area contributed by atoms with Crippen molar-refractivity contribution in [1.29, 1.82) is 0 Å². The number of thiophene rings is 1. The fourth-order valence-electron chi connectivity index (χ4n) is 2.10. The molecule has 0 saturated heterocycles. The zero-order valence-electron chi connectivity index (χ0n) is 11.8. The number of carbonyl (C=O) groups is 2. The largest absolute Gasteiger partial charge is 0.481 e. The number of carbonyl (C=O) groups excluding carboxylic acids is 1. The number of carboxylic acid groups (broad SMARTS) is 1. The van der Waals surface area contributed by atoms with Crippen LogP contribution in [-0.2, 0) is 9.59 Å². The molecule has 0 radical (unpaired) electrons. The predicted octanol–water partition coefficient (Wildman–Crippen LogP) is 2.00. The van der Waals surface area contributed by atoms with Gasteiger partial charge in [-0.05, 0) is 29.7 Å². The van der Waals surface area contributed by atoms with Crippen molar-refractivity contribution in [3.8, 4) is 0 Å². The monoisotopic (exact) mass is 298 g/mol. The molecule has 20 heavy (non-hydrogen) atoms. The van der Waals surface area contributed by atoms with Crippen LogP contribution in [0.2, 0.25) is 0 Å². The maximum atomic E-state index is 11.9. The van der Waals surface area contributed by atoms with E-state index in [4.69, 9.17) is 10.8 Å². The number of carboxylic acids is 1. The first-order chi connectivity index (χ1) is 9.40. The van der Waals surface area contributed by atoms with Gasteiger partial charge in [-0.3, -0.25) is 9.59 Å². The van der Waals surface area contributed by atoms with Crippen molar-refractivity contribution in [3.63, 3.8) is 0 Å². The first-order valence-electron chi connectivity index (χ1n) is 6.68. The average molecular weight is 298 g/mol. The van der Waals surface area contributed by atoms with E-state index in [1.54, 1.807) is 0 Å². The van der Waals surface area contributed by atoms with Crippen molar-refractivity contribution < 1.29 is 14.7 Å². The Hall–Kier alpha value is -1.40. The Balaban J connectivity index is 2.49. The third-order valence-corrected chi connectivity index (χ3v) is 3.92. The smallest absolute Gasteiger partial charge is 0.303 e. The lowest BCUT2D eigenvalue weighted by Crippen LogP contribution is -2.37. The molecule has 0 saturated carbocycles. The van der Waals surface area contributed by atoms with Gasteiger partial charge in [-0.25, -0.2) is 0 Å². The second-order valence-corrected chi connectivity index (χ2v) is 6.31. The highest BCUT2D eigenvalue weighted by Gasteiger charge is 2.20. The van der Waals surface area contributed by atoms with Gasteiger partial charge in [0.2, 0.25) is 5.91 Å². The van der Waals surface area contributed by atoms with Crippen LogP contribution < -0.4 is 11.1 Å². The quantitative estimate of drug-likeness (QED) is 0.684. The summed E-state index contributed by atoms with van der Waals surface area (Å²) in [4.78, 5) is 23.6. The highest BCUT2D eigenvalue weighted by atomic mass is 32.1. The molecule has 1 aromatic rings. The molecule has 0 aliphatic heterocycles. The zero-order chi connectivity index (χ0) is 15.1. The van der Waals surface area contributed by atoms with Gasteiger partial charge >= 0.3 is 5.97 Å². The molecule has 0 aliphatic carbocycles. The number of nitrogens with one attached hydrogen (secondary N) is 1. The molecular weight excluding hydrogens is 276 g/mol. The Bertz CT molecular complexity index is 432. The van der Waals surface area contributed by atoms with E-state index < -0.39 is 12.0 Å². The van der Waals surface area contributed by atoms with Crippen LogP contribution in [0.15, 0.2) is 17.5 Å². The van der Waals surface area contributed by atoms with E-state index >= 15 is 0 Å². The first kappa shape index (κ1) is 16.7. The van der Waals surface area contributed by atoms with Gasteiger partial charge in [-0.15, -0.1) is 11.3 Å². The van der Waals surface area contributed by atoms with E-state index in [9.17, 15) is 9.59 Å². The van der Waals surface area contributed by atoms with Crippen LogP contribution in [0.3, 0.4) is 0 Å². The number of amides is 1. The Labute approximate surface area is 123 Å². The van der Waals surface area contributed by atoms with Gasteiger partial charge in [0.1, 0.15) is 6.04 Å². The maximum Gasteiger partial charge on any atom is 0.303 e. The van der Waals surface area contributed by atoms with E-state index in [1.807, 2.05) is 31.4 Å². The summed E-state index contributed by atoms with van der Waals surface area (Å²) in [5.41, 5.74) is 5.85. The number of nitrogens with two attached hydrogens (primary N) is 1. The summed E-state index contributed by atoms with van der Waals surface area (Å²) in [7, 11) is 0. The molecule has 4 N–H and O–H groups in total. The molecule has 2 unspecified atom stereocenters. The van der Waals surface area contributed by atoms with Crippen LogP contribution in [0, 0.1) is 11.8 Å². The molecule has 0 aliphatic rings. The molecule has 1 aromatic heterocycles. The average Bonchev–Trinajstić information content (AvgIpc) is 2.87. The molecule has 112 valence electrons. The topological polar surface area (TPSA) is 92.4 Å². The molecule has 0 fully saturated rings. The van der Waals surface area contributed by atoms with E-state index in [1.165, 1.54) is 11.3 Å². The summed E-state index contributed by atoms with van der Waals surface area (Å²) in [5.74, 6) is -0.770. The Morgan fingerprint density at radius 1 is 1.45 bits per heavy atom. The van der Waals surface area contributed by atoms with Crippen LogP contribution in [-0.4, -0.2) is 23.5 Å². The minimum atomic E-state index is -0.840. The summed E-state index contributed by atoms with van der Waals surface area (Å²) < 4.78 is 0. The molecule has 1 rings (SSSR count). The minimum Gasteiger partial charge on any atom is -0.481 e. The predicted molar refractivity (Wildman–Crippen MR) is 79.5 cm³/mol. The second kappa shape index (κ2) is 8.01. The van der Waals surface area contributed by atoms with Gasteiger partial charge in [0.25, 0.3) is 0 Å². The maximum absolute atomic E-state index is 11.9. The molecule has 5 nitrogen and oxygen atoms in total. The van der Waals surface area contributed by atoms with E-state index in [-0.39, 0.29) is 18.2 Å². The van der Waals surface area contributed by atoms with Crippen molar-refractivity contribution in [3.05, 3.63) is 22.4 Å². The number of hydrogen-bond donors (Lipinski definition) is 3. The van der Waals surface area contributed by atoms with E-state index in [0.29, 0.717) is 12.5 Å². The summed E-state index contributed by atoms with van der Waals surface area (Å²) in [5, 5.41) is 13.5. The molecule has 2 atom stereocenters. The molecule has 6 heteroatoms. The van der Waals surface area contributed by atoms with Crippen LogP contribution >= 0.6 is 11.3 Å². The SMILES string of the molecule is CC(C)CC(CNC(=O)C(N)c1cccs1)CC(=O)O. The fraction of sp³-hybridized carbons (Fsp3) is 0.571. The highest BCUT2D eigenvalue weighted by molar-refractivity contribution is 7.10. The molecule has 0 aromatic carbocycles. The van der Waals surface area contributed by atoms with Gasteiger partial charge in [0, 0.05) is 17.8 Å². The number of rotatable bonds is 8. The lowest BCUT2D eigenvalue weighted by molar-refractivity contribution is -0.138. The van der Waals surface area contributed by atoms with Gasteiger partial charge in [-0.2, -0.15) is 0 Å². The van der Waals surface area contributed by atoms with Crippen molar-refractivity contribution in [2.45, 2.75) is 32.7 Å². The van der Waals surface area contributed by atoms with Crippen LogP contribution in [0.5, 0.6) is 0 Å². The van der Waals surface area contributed by atoms with Crippen molar-refractivity contribution in [1.82, 2.24) is 5.32 Å². The van der Waals surface area contributed by atoms with Crippen LogP contribution in [0.1, 0.15) is 37.6 Å². The molecular formula is C14H22N2O3S. The normalized spacial score (nSPS) is 14.0. The fourth-order valence-corrected chi connectivity index (χ4v) is 2.83. The highest BCUT2D eigenvalue weighted by Crippen LogP contribution is 2.18.